The normalized spacial score (nSPS) is 25.1. The van der Waals surface area contributed by atoms with Crippen LogP contribution >= 0.6 is 0 Å². The highest BCUT2D eigenvalue weighted by molar-refractivity contribution is 6.69. The van der Waals surface area contributed by atoms with Crippen LogP contribution in [0.15, 0.2) is 34.6 Å². The first kappa shape index (κ1) is 30.4. The van der Waals surface area contributed by atoms with E-state index in [1.165, 1.54) is 68.1 Å². The summed E-state index contributed by atoms with van der Waals surface area (Å²) in [6.07, 6.45) is 14.3. The number of hydrogen-bond donors (Lipinski definition) is 0. The van der Waals surface area contributed by atoms with Gasteiger partial charge in [-0.25, -0.2) is 0 Å². The molecule has 0 aromatic carbocycles. The van der Waals surface area contributed by atoms with Crippen molar-refractivity contribution in [3.63, 3.8) is 0 Å². The summed E-state index contributed by atoms with van der Waals surface area (Å²) in [6, 6.07) is 0. The summed E-state index contributed by atoms with van der Waals surface area (Å²) < 4.78 is 13.3. The van der Waals surface area contributed by atoms with Gasteiger partial charge in [0.05, 0.1) is 6.10 Å². The molecular formula is C32H58O2Si. The van der Waals surface area contributed by atoms with Gasteiger partial charge in [-0.15, -0.1) is 0 Å². The molecule has 0 aromatic rings. The van der Waals surface area contributed by atoms with Gasteiger partial charge in [-0.3, -0.25) is 0 Å². The number of allylic oxidation sites excluding steroid dienone is 1. The van der Waals surface area contributed by atoms with Crippen LogP contribution < -0.4 is 0 Å². The van der Waals surface area contributed by atoms with Crippen LogP contribution in [-0.2, 0) is 9.16 Å². The van der Waals surface area contributed by atoms with Crippen molar-refractivity contribution in [3.8, 4) is 0 Å². The van der Waals surface area contributed by atoms with Crippen LogP contribution in [0.1, 0.15) is 119 Å². The Morgan fingerprint density at radius 2 is 1.49 bits per heavy atom. The molecule has 2 aliphatic rings. The summed E-state index contributed by atoms with van der Waals surface area (Å²) in [5.74, 6) is 3.66. The van der Waals surface area contributed by atoms with Gasteiger partial charge in [0.15, 0.2) is 8.32 Å². The zero-order chi connectivity index (χ0) is 26.4. The summed E-state index contributed by atoms with van der Waals surface area (Å²) in [5, 5.41) is 0. The summed E-state index contributed by atoms with van der Waals surface area (Å²) in [7, 11) is -1.66. The van der Waals surface area contributed by atoms with Crippen molar-refractivity contribution in [2.45, 2.75) is 150 Å². The summed E-state index contributed by atoms with van der Waals surface area (Å²) >= 11 is 0. The molecular weight excluding hydrogens is 444 g/mol. The van der Waals surface area contributed by atoms with Gasteiger partial charge in [0, 0.05) is 5.57 Å². The Morgan fingerprint density at radius 1 is 0.943 bits per heavy atom. The molecule has 2 nitrogen and oxygen atoms in total. The minimum atomic E-state index is -1.66. The first-order valence-electron chi connectivity index (χ1n) is 14.7. The first-order chi connectivity index (χ1) is 16.2. The fraction of sp³-hybridized carbons (Fsp3) is 0.812. The molecule has 0 amide bonds. The molecule has 0 bridgehead atoms. The molecule has 202 valence electrons. The van der Waals surface area contributed by atoms with Crippen molar-refractivity contribution in [1.82, 2.24) is 0 Å². The standard InChI is InChI=1S/C32H58O2Si/c1-23(2)15-12-16-24(3)17-13-18-25(4)19-14-21-32(8)22-20-29-28(7)30(34-35(9,10)11)26(5)27(6)31(29)33-32/h23-25,30H,7,12-22H2,1-6,8-11H3. The Balaban J connectivity index is 1.80. The van der Waals surface area contributed by atoms with Gasteiger partial charge in [-0.2, -0.15) is 0 Å². The lowest BCUT2D eigenvalue weighted by atomic mass is 9.79. The Hall–Kier alpha value is -0.803. The molecule has 2 rings (SSSR count). The van der Waals surface area contributed by atoms with Gasteiger partial charge in [0.2, 0.25) is 0 Å². The van der Waals surface area contributed by atoms with E-state index >= 15 is 0 Å². The second-order valence-electron chi connectivity index (χ2n) is 13.7. The van der Waals surface area contributed by atoms with E-state index < -0.39 is 8.32 Å². The maximum Gasteiger partial charge on any atom is 0.185 e. The van der Waals surface area contributed by atoms with Crippen LogP contribution in [0.3, 0.4) is 0 Å². The lowest BCUT2D eigenvalue weighted by molar-refractivity contribution is -0.00997. The van der Waals surface area contributed by atoms with E-state index in [9.17, 15) is 0 Å². The maximum atomic E-state index is 6.77. The quantitative estimate of drug-likeness (QED) is 0.220. The van der Waals surface area contributed by atoms with E-state index in [0.29, 0.717) is 0 Å². The largest absolute Gasteiger partial charge is 0.487 e. The first-order valence-corrected chi connectivity index (χ1v) is 18.1. The second-order valence-corrected chi connectivity index (χ2v) is 18.1. The Morgan fingerprint density at radius 3 is 2.03 bits per heavy atom. The zero-order valence-electron chi connectivity index (χ0n) is 25.1. The van der Waals surface area contributed by atoms with E-state index in [1.807, 2.05) is 0 Å². The highest BCUT2D eigenvalue weighted by Gasteiger charge is 2.39. The van der Waals surface area contributed by atoms with Crippen LogP contribution in [0, 0.1) is 17.8 Å². The van der Waals surface area contributed by atoms with E-state index in [2.05, 4.69) is 74.7 Å². The maximum absolute atomic E-state index is 6.77. The Bertz CT molecular complexity index is 769. The van der Waals surface area contributed by atoms with Crippen molar-refractivity contribution in [1.29, 1.82) is 0 Å². The minimum Gasteiger partial charge on any atom is -0.487 e. The molecule has 0 N–H and O–H groups in total. The van der Waals surface area contributed by atoms with Crippen LogP contribution in [0.2, 0.25) is 19.6 Å². The molecule has 35 heavy (non-hydrogen) atoms. The molecule has 0 fully saturated rings. The molecule has 0 saturated carbocycles. The molecule has 0 radical (unpaired) electrons. The lowest BCUT2D eigenvalue weighted by Gasteiger charge is -2.43. The third-order valence-corrected chi connectivity index (χ3v) is 9.24. The van der Waals surface area contributed by atoms with Crippen LogP contribution in [0.4, 0.5) is 0 Å². The number of ether oxygens (including phenoxy) is 1. The predicted octanol–water partition coefficient (Wildman–Crippen LogP) is 10.4. The van der Waals surface area contributed by atoms with E-state index in [4.69, 9.17) is 9.16 Å². The van der Waals surface area contributed by atoms with Gasteiger partial charge in [0.1, 0.15) is 11.4 Å². The molecule has 1 aliphatic heterocycles. The molecule has 0 aromatic heterocycles. The van der Waals surface area contributed by atoms with Crippen molar-refractivity contribution >= 4 is 8.32 Å². The summed E-state index contributed by atoms with van der Waals surface area (Å²) in [5.41, 5.74) is 4.95. The van der Waals surface area contributed by atoms with Gasteiger partial charge >= 0.3 is 0 Å². The van der Waals surface area contributed by atoms with E-state index in [-0.39, 0.29) is 11.7 Å². The summed E-state index contributed by atoms with van der Waals surface area (Å²) in [4.78, 5) is 0. The van der Waals surface area contributed by atoms with Crippen LogP contribution in [-0.4, -0.2) is 20.0 Å². The minimum absolute atomic E-state index is 0.0344. The predicted molar refractivity (Wildman–Crippen MR) is 156 cm³/mol. The van der Waals surface area contributed by atoms with Crippen LogP contribution in [0.5, 0.6) is 0 Å². The van der Waals surface area contributed by atoms with Gasteiger partial charge < -0.3 is 9.16 Å². The molecule has 4 atom stereocenters. The molecule has 4 unspecified atom stereocenters. The fourth-order valence-electron chi connectivity index (χ4n) is 5.76. The number of hydrogen-bond acceptors (Lipinski definition) is 2. The molecule has 3 heteroatoms. The molecule has 1 heterocycles. The van der Waals surface area contributed by atoms with Crippen molar-refractivity contribution in [2.75, 3.05) is 0 Å². The zero-order valence-corrected chi connectivity index (χ0v) is 26.1. The highest BCUT2D eigenvalue weighted by atomic mass is 28.4. The molecule has 1 aliphatic carbocycles. The summed E-state index contributed by atoms with van der Waals surface area (Å²) in [6.45, 7) is 27.6. The van der Waals surface area contributed by atoms with Gasteiger partial charge in [-0.1, -0.05) is 79.2 Å². The SMILES string of the molecule is C=C1C2=C(OC(C)(CCCC(C)CCCC(C)CCCC(C)C)CC2)C(C)=C(C)C1O[Si](C)(C)C. The van der Waals surface area contributed by atoms with Crippen molar-refractivity contribution < 1.29 is 9.16 Å². The smallest absolute Gasteiger partial charge is 0.185 e. The van der Waals surface area contributed by atoms with Crippen molar-refractivity contribution in [3.05, 3.63) is 34.6 Å². The lowest BCUT2D eigenvalue weighted by Crippen LogP contribution is -2.39. The topological polar surface area (TPSA) is 18.5 Å². The van der Waals surface area contributed by atoms with Gasteiger partial charge in [0.25, 0.3) is 0 Å². The van der Waals surface area contributed by atoms with Crippen LogP contribution in [0.25, 0.3) is 0 Å². The second kappa shape index (κ2) is 13.1. The Kier molecular flexibility index (Phi) is 11.4. The van der Waals surface area contributed by atoms with E-state index in [0.717, 1.165) is 48.3 Å². The highest BCUT2D eigenvalue weighted by Crippen LogP contribution is 2.46. The average Bonchev–Trinajstić information content (AvgIpc) is 2.74. The van der Waals surface area contributed by atoms with Gasteiger partial charge in [-0.05, 0) is 101 Å². The molecule has 0 spiro atoms. The van der Waals surface area contributed by atoms with E-state index in [1.54, 1.807) is 0 Å². The fourth-order valence-corrected chi connectivity index (χ4v) is 6.78. The number of rotatable bonds is 14. The molecule has 0 saturated heterocycles. The third kappa shape index (κ3) is 9.54. The third-order valence-electron chi connectivity index (χ3n) is 8.30. The Labute approximate surface area is 220 Å². The average molecular weight is 503 g/mol. The monoisotopic (exact) mass is 502 g/mol. The van der Waals surface area contributed by atoms with Crippen molar-refractivity contribution in [2.24, 2.45) is 17.8 Å².